The Morgan fingerprint density at radius 3 is 2.95 bits per heavy atom. The van der Waals surface area contributed by atoms with Crippen LogP contribution in [0.25, 0.3) is 0 Å². The lowest BCUT2D eigenvalue weighted by Crippen LogP contribution is -2.29. The van der Waals surface area contributed by atoms with E-state index >= 15 is 0 Å². The predicted octanol–water partition coefficient (Wildman–Crippen LogP) is 2.33. The number of hydrogen-bond donors (Lipinski definition) is 1. The molecule has 7 heteroatoms. The van der Waals surface area contributed by atoms with Crippen LogP contribution in [0.2, 0.25) is 0 Å². The standard InChI is InChI=1S/C15H19FN4O2/c1-4-7-20-14(17-9-18-20)10(2)19-15(21)11-5-6-12(16)13(8-11)22-3/h5-6,8-10H,4,7H2,1-3H3,(H,19,21)/t10-/m1/s1. The first kappa shape index (κ1) is 15.9. The fourth-order valence-corrected chi connectivity index (χ4v) is 2.14. The van der Waals surface area contributed by atoms with Crippen LogP contribution in [0.1, 0.15) is 42.5 Å². The maximum atomic E-state index is 13.4. The summed E-state index contributed by atoms with van der Waals surface area (Å²) in [5, 5.41) is 6.96. The maximum Gasteiger partial charge on any atom is 0.251 e. The van der Waals surface area contributed by atoms with Gasteiger partial charge >= 0.3 is 0 Å². The summed E-state index contributed by atoms with van der Waals surface area (Å²) in [5.41, 5.74) is 0.326. The number of methoxy groups -OCH3 is 1. The van der Waals surface area contributed by atoms with Crippen LogP contribution in [-0.4, -0.2) is 27.8 Å². The molecule has 0 unspecified atom stereocenters. The molecule has 0 radical (unpaired) electrons. The van der Waals surface area contributed by atoms with Crippen LogP contribution in [0.5, 0.6) is 5.75 Å². The van der Waals surface area contributed by atoms with Crippen molar-refractivity contribution in [3.05, 3.63) is 41.7 Å². The van der Waals surface area contributed by atoms with Gasteiger partial charge in [-0.3, -0.25) is 4.79 Å². The molecule has 0 bridgehead atoms. The van der Waals surface area contributed by atoms with E-state index in [1.165, 1.54) is 31.6 Å². The van der Waals surface area contributed by atoms with Gasteiger partial charge in [-0.1, -0.05) is 6.92 Å². The van der Waals surface area contributed by atoms with E-state index in [0.717, 1.165) is 13.0 Å². The van der Waals surface area contributed by atoms with Gasteiger partial charge in [-0.2, -0.15) is 5.10 Å². The molecular formula is C15H19FN4O2. The Morgan fingerprint density at radius 2 is 2.27 bits per heavy atom. The number of carbonyl (C=O) groups is 1. The van der Waals surface area contributed by atoms with Crippen molar-refractivity contribution in [2.24, 2.45) is 0 Å². The lowest BCUT2D eigenvalue weighted by molar-refractivity contribution is 0.0937. The molecule has 1 N–H and O–H groups in total. The lowest BCUT2D eigenvalue weighted by Gasteiger charge is -2.14. The first-order valence-corrected chi connectivity index (χ1v) is 7.09. The highest BCUT2D eigenvalue weighted by atomic mass is 19.1. The Hall–Kier alpha value is -2.44. The van der Waals surface area contributed by atoms with Crippen molar-refractivity contribution in [1.29, 1.82) is 0 Å². The summed E-state index contributed by atoms with van der Waals surface area (Å²) in [4.78, 5) is 16.4. The molecule has 0 aliphatic carbocycles. The van der Waals surface area contributed by atoms with Gasteiger partial charge in [0.15, 0.2) is 11.6 Å². The Labute approximate surface area is 128 Å². The van der Waals surface area contributed by atoms with Crippen molar-refractivity contribution in [3.63, 3.8) is 0 Å². The van der Waals surface area contributed by atoms with Crippen LogP contribution in [0.15, 0.2) is 24.5 Å². The Kier molecular flexibility index (Phi) is 5.08. The zero-order valence-electron chi connectivity index (χ0n) is 12.8. The molecule has 0 spiro atoms. The predicted molar refractivity (Wildman–Crippen MR) is 79.1 cm³/mol. The number of ether oxygens (including phenoxy) is 1. The second-order valence-electron chi connectivity index (χ2n) is 4.89. The number of benzene rings is 1. The summed E-state index contributed by atoms with van der Waals surface area (Å²) < 4.78 is 20.0. The largest absolute Gasteiger partial charge is 0.494 e. The fourth-order valence-electron chi connectivity index (χ4n) is 2.14. The number of hydrogen-bond acceptors (Lipinski definition) is 4. The van der Waals surface area contributed by atoms with Gasteiger partial charge in [0.2, 0.25) is 0 Å². The quantitative estimate of drug-likeness (QED) is 0.889. The first-order chi connectivity index (χ1) is 10.6. The van der Waals surface area contributed by atoms with Crippen molar-refractivity contribution < 1.29 is 13.9 Å². The van der Waals surface area contributed by atoms with E-state index in [1.54, 1.807) is 4.68 Å². The molecule has 6 nitrogen and oxygen atoms in total. The smallest absolute Gasteiger partial charge is 0.251 e. The van der Waals surface area contributed by atoms with Crippen LogP contribution in [-0.2, 0) is 6.54 Å². The zero-order chi connectivity index (χ0) is 16.1. The molecule has 0 aliphatic heterocycles. The Bertz CT molecular complexity index is 657. The van der Waals surface area contributed by atoms with Gasteiger partial charge in [0, 0.05) is 12.1 Å². The number of aryl methyl sites for hydroxylation is 1. The zero-order valence-corrected chi connectivity index (χ0v) is 12.8. The monoisotopic (exact) mass is 306 g/mol. The molecule has 0 aliphatic rings. The van der Waals surface area contributed by atoms with Gasteiger partial charge in [-0.05, 0) is 31.5 Å². The number of nitrogens with zero attached hydrogens (tertiary/aromatic N) is 3. The minimum absolute atomic E-state index is 0.0365. The number of nitrogens with one attached hydrogen (secondary N) is 1. The molecule has 1 amide bonds. The van der Waals surface area contributed by atoms with E-state index in [9.17, 15) is 9.18 Å². The SMILES string of the molecule is CCCn1ncnc1[C@@H](C)NC(=O)c1ccc(F)c(OC)c1. The van der Waals surface area contributed by atoms with Gasteiger partial charge in [-0.15, -0.1) is 0 Å². The van der Waals surface area contributed by atoms with E-state index in [4.69, 9.17) is 4.74 Å². The van der Waals surface area contributed by atoms with Gasteiger partial charge < -0.3 is 10.1 Å². The van der Waals surface area contributed by atoms with E-state index < -0.39 is 5.82 Å². The fraction of sp³-hybridized carbons (Fsp3) is 0.400. The molecule has 22 heavy (non-hydrogen) atoms. The second-order valence-corrected chi connectivity index (χ2v) is 4.89. The summed E-state index contributed by atoms with van der Waals surface area (Å²) >= 11 is 0. The van der Waals surface area contributed by atoms with Gasteiger partial charge in [0.1, 0.15) is 12.2 Å². The number of halogens is 1. The van der Waals surface area contributed by atoms with Gasteiger partial charge in [0.25, 0.3) is 5.91 Å². The molecule has 0 saturated heterocycles. The highest BCUT2D eigenvalue weighted by molar-refractivity contribution is 5.94. The minimum atomic E-state index is -0.505. The van der Waals surface area contributed by atoms with Crippen LogP contribution < -0.4 is 10.1 Å². The molecule has 0 saturated carbocycles. The van der Waals surface area contributed by atoms with E-state index in [2.05, 4.69) is 15.4 Å². The molecule has 0 fully saturated rings. The topological polar surface area (TPSA) is 69.0 Å². The van der Waals surface area contributed by atoms with Crippen molar-refractivity contribution >= 4 is 5.91 Å². The number of amides is 1. The van der Waals surface area contributed by atoms with Crippen LogP contribution in [0.4, 0.5) is 4.39 Å². The second kappa shape index (κ2) is 7.02. The summed E-state index contributed by atoms with van der Waals surface area (Å²) in [5.74, 6) is -0.106. The molecular weight excluding hydrogens is 287 g/mol. The highest BCUT2D eigenvalue weighted by Gasteiger charge is 2.17. The maximum absolute atomic E-state index is 13.4. The molecule has 2 rings (SSSR count). The molecule has 1 aromatic heterocycles. The summed E-state index contributed by atoms with van der Waals surface area (Å²) in [6, 6.07) is 3.68. The average molecular weight is 306 g/mol. The van der Waals surface area contributed by atoms with Crippen molar-refractivity contribution in [2.45, 2.75) is 32.9 Å². The summed E-state index contributed by atoms with van der Waals surface area (Å²) in [6.07, 6.45) is 2.39. The normalized spacial score (nSPS) is 12.0. The van der Waals surface area contributed by atoms with Crippen LogP contribution >= 0.6 is 0 Å². The average Bonchev–Trinajstić information content (AvgIpc) is 2.96. The van der Waals surface area contributed by atoms with E-state index in [-0.39, 0.29) is 17.7 Å². The minimum Gasteiger partial charge on any atom is -0.494 e. The van der Waals surface area contributed by atoms with Gasteiger partial charge in [0.05, 0.1) is 13.2 Å². The number of rotatable bonds is 6. The van der Waals surface area contributed by atoms with E-state index in [1.807, 2.05) is 13.8 Å². The van der Waals surface area contributed by atoms with Crippen molar-refractivity contribution in [3.8, 4) is 5.75 Å². The highest BCUT2D eigenvalue weighted by Crippen LogP contribution is 2.19. The third-order valence-corrected chi connectivity index (χ3v) is 3.23. The molecule has 2 aromatic rings. The van der Waals surface area contributed by atoms with Gasteiger partial charge in [-0.25, -0.2) is 14.1 Å². The summed E-state index contributed by atoms with van der Waals surface area (Å²) in [6.45, 7) is 4.61. The number of aromatic nitrogens is 3. The van der Waals surface area contributed by atoms with E-state index in [0.29, 0.717) is 11.4 Å². The summed E-state index contributed by atoms with van der Waals surface area (Å²) in [7, 11) is 1.36. The van der Waals surface area contributed by atoms with Crippen LogP contribution in [0.3, 0.4) is 0 Å². The molecule has 1 heterocycles. The third-order valence-electron chi connectivity index (χ3n) is 3.23. The van der Waals surface area contributed by atoms with Crippen molar-refractivity contribution in [2.75, 3.05) is 7.11 Å². The van der Waals surface area contributed by atoms with Crippen LogP contribution in [0, 0.1) is 5.82 Å². The lowest BCUT2D eigenvalue weighted by atomic mass is 10.1. The molecule has 118 valence electrons. The Morgan fingerprint density at radius 1 is 1.50 bits per heavy atom. The number of carbonyl (C=O) groups excluding carboxylic acids is 1. The molecule has 1 aromatic carbocycles. The Balaban J connectivity index is 2.12. The van der Waals surface area contributed by atoms with Crippen molar-refractivity contribution in [1.82, 2.24) is 20.1 Å². The third kappa shape index (κ3) is 3.41. The first-order valence-electron chi connectivity index (χ1n) is 7.09. The molecule has 1 atom stereocenters.